The molecule has 0 unspecified atom stereocenters. The number of carbonyl (C=O) groups excluding carboxylic acids is 1. The number of imidazole rings is 1. The predicted octanol–water partition coefficient (Wildman–Crippen LogP) is 1.93. The van der Waals surface area contributed by atoms with Crippen molar-refractivity contribution < 1.29 is 9.18 Å². The minimum Gasteiger partial charge on any atom is -0.355 e. The van der Waals surface area contributed by atoms with Crippen LogP contribution >= 0.6 is 11.8 Å². The van der Waals surface area contributed by atoms with E-state index in [0.717, 1.165) is 0 Å². The van der Waals surface area contributed by atoms with E-state index in [1.807, 2.05) is 0 Å². The van der Waals surface area contributed by atoms with E-state index in [1.165, 1.54) is 30.0 Å². The van der Waals surface area contributed by atoms with Crippen LogP contribution in [0.25, 0.3) is 11.0 Å². The molecule has 136 valence electrons. The summed E-state index contributed by atoms with van der Waals surface area (Å²) in [6.07, 6.45) is 0.499. The molecule has 0 aliphatic rings. The highest BCUT2D eigenvalue weighted by molar-refractivity contribution is 8.00. The number of aryl methyl sites for hydroxylation is 1. The molecule has 1 aromatic carbocycles. The topological polar surface area (TPSA) is 104 Å². The van der Waals surface area contributed by atoms with Gasteiger partial charge in [-0.05, 0) is 32.0 Å². The molecule has 0 saturated heterocycles. The quantitative estimate of drug-likeness (QED) is 0.451. The Morgan fingerprint density at radius 1 is 1.31 bits per heavy atom. The molecule has 9 heteroatoms. The average Bonchev–Trinajstić information content (AvgIpc) is 2.95. The first kappa shape index (κ1) is 18.1. The Kier molecular flexibility index (Phi) is 5.36. The van der Waals surface area contributed by atoms with Gasteiger partial charge in [0.15, 0.2) is 5.16 Å². The first-order chi connectivity index (χ1) is 12.4. The van der Waals surface area contributed by atoms with Crippen LogP contribution in [-0.2, 0) is 11.2 Å². The maximum Gasteiger partial charge on any atom is 0.251 e. The summed E-state index contributed by atoms with van der Waals surface area (Å²) in [5.41, 5.74) is 1.68. The third-order valence-electron chi connectivity index (χ3n) is 3.66. The average molecular weight is 375 g/mol. The zero-order chi connectivity index (χ0) is 18.7. The number of amides is 1. The second kappa shape index (κ2) is 7.69. The number of hydrogen-bond donors (Lipinski definition) is 3. The molecule has 3 aromatic rings. The van der Waals surface area contributed by atoms with Crippen molar-refractivity contribution in [3.8, 4) is 0 Å². The van der Waals surface area contributed by atoms with Crippen molar-refractivity contribution >= 4 is 28.7 Å². The Hall–Kier alpha value is -2.68. The van der Waals surface area contributed by atoms with E-state index < -0.39 is 5.25 Å². The smallest absolute Gasteiger partial charge is 0.251 e. The Labute approximate surface area is 152 Å². The maximum absolute atomic E-state index is 13.2. The van der Waals surface area contributed by atoms with Gasteiger partial charge in [-0.1, -0.05) is 11.8 Å². The lowest BCUT2D eigenvalue weighted by molar-refractivity contribution is -0.120. The standard InChI is InChI=1S/C17H18FN5O2S/c1-9-7-15(24)23-17(20-9)26-10(2)16(25)19-6-5-14-21-12-4-3-11(18)8-13(12)22-14/h3-4,7-8,10H,5-6H2,1-2H3,(H,19,25)(H,21,22)(H,20,23,24)/t10-/m0/s1. The summed E-state index contributed by atoms with van der Waals surface area (Å²) in [5.74, 6) is 0.187. The lowest BCUT2D eigenvalue weighted by Crippen LogP contribution is -2.32. The second-order valence-corrected chi connectivity index (χ2v) is 7.17. The van der Waals surface area contributed by atoms with Crippen LogP contribution in [-0.4, -0.2) is 37.6 Å². The third kappa shape index (κ3) is 4.48. The molecule has 3 N–H and O–H groups in total. The van der Waals surface area contributed by atoms with Crippen molar-refractivity contribution in [1.29, 1.82) is 0 Å². The van der Waals surface area contributed by atoms with E-state index in [0.29, 0.717) is 40.7 Å². The van der Waals surface area contributed by atoms with Gasteiger partial charge >= 0.3 is 0 Å². The van der Waals surface area contributed by atoms with Crippen LogP contribution < -0.4 is 10.9 Å². The normalized spacial score (nSPS) is 12.3. The van der Waals surface area contributed by atoms with Gasteiger partial charge in [-0.3, -0.25) is 9.59 Å². The summed E-state index contributed by atoms with van der Waals surface area (Å²) in [5, 5.41) is 2.82. The van der Waals surface area contributed by atoms with Crippen LogP contribution in [0.5, 0.6) is 0 Å². The monoisotopic (exact) mass is 375 g/mol. The van der Waals surface area contributed by atoms with E-state index >= 15 is 0 Å². The molecule has 0 spiro atoms. The molecule has 0 aliphatic heterocycles. The van der Waals surface area contributed by atoms with E-state index in [2.05, 4.69) is 25.3 Å². The first-order valence-electron chi connectivity index (χ1n) is 8.07. The zero-order valence-corrected chi connectivity index (χ0v) is 15.1. The van der Waals surface area contributed by atoms with Crippen molar-refractivity contribution in [3.05, 3.63) is 52.0 Å². The number of nitrogens with one attached hydrogen (secondary N) is 3. The second-order valence-electron chi connectivity index (χ2n) is 5.84. The van der Waals surface area contributed by atoms with Gasteiger partial charge in [0.25, 0.3) is 5.56 Å². The number of nitrogens with zero attached hydrogens (tertiary/aromatic N) is 2. The Balaban J connectivity index is 1.53. The fourth-order valence-corrected chi connectivity index (χ4v) is 3.31. The van der Waals surface area contributed by atoms with Crippen molar-refractivity contribution in [3.63, 3.8) is 0 Å². The van der Waals surface area contributed by atoms with Gasteiger partial charge in [-0.25, -0.2) is 14.4 Å². The van der Waals surface area contributed by atoms with Gasteiger partial charge in [-0.2, -0.15) is 0 Å². The minimum atomic E-state index is -0.412. The van der Waals surface area contributed by atoms with Gasteiger partial charge in [0.1, 0.15) is 11.6 Å². The molecule has 2 heterocycles. The highest BCUT2D eigenvalue weighted by atomic mass is 32.2. The molecule has 0 saturated carbocycles. The number of benzene rings is 1. The van der Waals surface area contributed by atoms with Gasteiger partial charge in [0.05, 0.1) is 16.3 Å². The van der Waals surface area contributed by atoms with Crippen LogP contribution in [0, 0.1) is 12.7 Å². The van der Waals surface area contributed by atoms with Crippen molar-refractivity contribution in [2.75, 3.05) is 6.54 Å². The van der Waals surface area contributed by atoms with Crippen molar-refractivity contribution in [2.45, 2.75) is 30.7 Å². The number of halogens is 1. The Bertz CT molecular complexity index is 1000. The van der Waals surface area contributed by atoms with Crippen LogP contribution in [0.1, 0.15) is 18.4 Å². The lowest BCUT2D eigenvalue weighted by Gasteiger charge is -2.11. The number of thioether (sulfide) groups is 1. The van der Waals surface area contributed by atoms with Crippen molar-refractivity contribution in [2.24, 2.45) is 0 Å². The predicted molar refractivity (Wildman–Crippen MR) is 97.7 cm³/mol. The molecule has 0 aliphatic carbocycles. The van der Waals surface area contributed by atoms with Crippen LogP contribution in [0.2, 0.25) is 0 Å². The molecule has 3 rings (SSSR count). The van der Waals surface area contributed by atoms with Gasteiger partial charge in [0.2, 0.25) is 5.91 Å². The number of aromatic nitrogens is 4. The summed E-state index contributed by atoms with van der Waals surface area (Å²) >= 11 is 1.19. The van der Waals surface area contributed by atoms with Crippen molar-refractivity contribution in [1.82, 2.24) is 25.3 Å². The van der Waals surface area contributed by atoms with Gasteiger partial charge in [0, 0.05) is 24.7 Å². The Morgan fingerprint density at radius 3 is 2.88 bits per heavy atom. The van der Waals surface area contributed by atoms with E-state index in [9.17, 15) is 14.0 Å². The molecule has 1 atom stereocenters. The maximum atomic E-state index is 13.2. The highest BCUT2D eigenvalue weighted by Gasteiger charge is 2.16. The Morgan fingerprint density at radius 2 is 2.12 bits per heavy atom. The first-order valence-corrected chi connectivity index (χ1v) is 8.95. The van der Waals surface area contributed by atoms with Gasteiger partial charge < -0.3 is 15.3 Å². The molecule has 0 fully saturated rings. The molecule has 1 amide bonds. The van der Waals surface area contributed by atoms with E-state index in [-0.39, 0.29) is 17.3 Å². The lowest BCUT2D eigenvalue weighted by atomic mass is 10.3. The number of H-pyrrole nitrogens is 2. The number of carbonyl (C=O) groups is 1. The third-order valence-corrected chi connectivity index (χ3v) is 4.64. The SMILES string of the molecule is Cc1cc(=O)[nH]c(S[C@@H](C)C(=O)NCCc2nc3ccc(F)cc3[nH]2)n1. The fraction of sp³-hybridized carbons (Fsp3) is 0.294. The summed E-state index contributed by atoms with van der Waals surface area (Å²) in [6.45, 7) is 3.86. The van der Waals surface area contributed by atoms with Gasteiger partial charge in [-0.15, -0.1) is 0 Å². The molecule has 0 bridgehead atoms. The largest absolute Gasteiger partial charge is 0.355 e. The number of aromatic amines is 2. The summed E-state index contributed by atoms with van der Waals surface area (Å²) in [4.78, 5) is 37.8. The molecule has 7 nitrogen and oxygen atoms in total. The molecule has 26 heavy (non-hydrogen) atoms. The molecule has 0 radical (unpaired) electrons. The number of fused-ring (bicyclic) bond motifs is 1. The summed E-state index contributed by atoms with van der Waals surface area (Å²) in [6, 6.07) is 5.75. The highest BCUT2D eigenvalue weighted by Crippen LogP contribution is 2.18. The van der Waals surface area contributed by atoms with Crippen LogP contribution in [0.3, 0.4) is 0 Å². The zero-order valence-electron chi connectivity index (χ0n) is 14.3. The van der Waals surface area contributed by atoms with Crippen LogP contribution in [0.15, 0.2) is 34.2 Å². The summed E-state index contributed by atoms with van der Waals surface area (Å²) in [7, 11) is 0. The molecule has 2 aromatic heterocycles. The number of hydrogen-bond acceptors (Lipinski definition) is 5. The number of rotatable bonds is 6. The van der Waals surface area contributed by atoms with E-state index in [1.54, 1.807) is 19.9 Å². The minimum absolute atomic E-state index is 0.165. The fourth-order valence-electron chi connectivity index (χ4n) is 2.43. The summed E-state index contributed by atoms with van der Waals surface area (Å²) < 4.78 is 13.2. The van der Waals surface area contributed by atoms with Crippen LogP contribution in [0.4, 0.5) is 4.39 Å². The molecular formula is C17H18FN5O2S. The molecular weight excluding hydrogens is 357 g/mol. The van der Waals surface area contributed by atoms with E-state index in [4.69, 9.17) is 0 Å².